The lowest BCUT2D eigenvalue weighted by Gasteiger charge is -2.10. The average Bonchev–Trinajstić information content (AvgIpc) is 2.81. The summed E-state index contributed by atoms with van der Waals surface area (Å²) in [6.07, 6.45) is 0. The van der Waals surface area contributed by atoms with E-state index in [4.69, 9.17) is 23.2 Å². The second-order valence-electron chi connectivity index (χ2n) is 7.06. The Bertz CT molecular complexity index is 1430. The van der Waals surface area contributed by atoms with Gasteiger partial charge in [0.05, 0.1) is 10.0 Å². The molecule has 2 amide bonds. The minimum absolute atomic E-state index is 0.0204. The maximum atomic E-state index is 12.6. The van der Waals surface area contributed by atoms with Crippen molar-refractivity contribution in [2.45, 2.75) is 0 Å². The van der Waals surface area contributed by atoms with Crippen LogP contribution in [-0.4, -0.2) is 11.0 Å². The zero-order valence-corrected chi connectivity index (χ0v) is 18.5. The molecule has 0 saturated heterocycles. The van der Waals surface area contributed by atoms with Crippen LogP contribution >= 0.6 is 23.2 Å². The van der Waals surface area contributed by atoms with Crippen molar-refractivity contribution in [2.24, 2.45) is 0 Å². The molecule has 3 aromatic carbocycles. The molecule has 6 nitrogen and oxygen atoms in total. The highest BCUT2D eigenvalue weighted by atomic mass is 35.5. The number of urea groups is 1. The first kappa shape index (κ1) is 22.2. The molecule has 0 spiro atoms. The number of aromatic amines is 1. The van der Waals surface area contributed by atoms with Gasteiger partial charge in [0.15, 0.2) is 0 Å². The van der Waals surface area contributed by atoms with Crippen LogP contribution in [-0.2, 0) is 0 Å². The molecule has 3 N–H and O–H groups in total. The normalized spacial score (nSPS) is 10.3. The van der Waals surface area contributed by atoms with Crippen molar-refractivity contribution < 1.29 is 4.79 Å². The molecule has 0 unspecified atom stereocenters. The van der Waals surface area contributed by atoms with Crippen LogP contribution < -0.4 is 16.2 Å². The van der Waals surface area contributed by atoms with Gasteiger partial charge in [0.1, 0.15) is 11.6 Å². The van der Waals surface area contributed by atoms with Gasteiger partial charge in [0.2, 0.25) is 0 Å². The molecule has 1 aromatic heterocycles. The van der Waals surface area contributed by atoms with E-state index in [1.807, 2.05) is 24.3 Å². The van der Waals surface area contributed by atoms with Gasteiger partial charge in [-0.3, -0.25) is 4.79 Å². The van der Waals surface area contributed by atoms with Gasteiger partial charge in [-0.1, -0.05) is 59.6 Å². The van der Waals surface area contributed by atoms with Gasteiger partial charge in [-0.15, -0.1) is 0 Å². The average molecular weight is 475 g/mol. The molecule has 0 fully saturated rings. The van der Waals surface area contributed by atoms with E-state index in [0.717, 1.165) is 0 Å². The van der Waals surface area contributed by atoms with Crippen LogP contribution in [0.4, 0.5) is 16.2 Å². The number of aromatic nitrogens is 1. The van der Waals surface area contributed by atoms with Crippen molar-refractivity contribution in [3.63, 3.8) is 0 Å². The number of rotatable bonds is 4. The number of halogens is 2. The van der Waals surface area contributed by atoms with Gasteiger partial charge in [-0.05, 0) is 53.6 Å². The van der Waals surface area contributed by atoms with E-state index in [-0.39, 0.29) is 11.6 Å². The third kappa shape index (κ3) is 5.07. The van der Waals surface area contributed by atoms with Gasteiger partial charge < -0.3 is 15.6 Å². The van der Waals surface area contributed by atoms with Crippen LogP contribution in [0.1, 0.15) is 5.56 Å². The molecule has 0 radical (unpaired) electrons. The monoisotopic (exact) mass is 474 g/mol. The van der Waals surface area contributed by atoms with E-state index in [1.54, 1.807) is 60.7 Å². The Labute approximate surface area is 199 Å². The number of para-hydroxylation sites is 1. The van der Waals surface area contributed by atoms with E-state index >= 15 is 0 Å². The fourth-order valence-electron chi connectivity index (χ4n) is 3.27. The highest BCUT2D eigenvalue weighted by Crippen LogP contribution is 2.31. The number of anilines is 2. The number of carbonyl (C=O) groups excluding carboxylic acids is 1. The van der Waals surface area contributed by atoms with E-state index < -0.39 is 5.56 Å². The first-order chi connectivity index (χ1) is 15.9. The third-order valence-corrected chi connectivity index (χ3v) is 5.60. The number of H-pyrrole nitrogens is 1. The molecule has 0 atom stereocenters. The second-order valence-corrected chi connectivity index (χ2v) is 7.88. The highest BCUT2D eigenvalue weighted by Gasteiger charge is 2.14. The molecule has 0 saturated carbocycles. The second kappa shape index (κ2) is 9.61. The first-order valence-corrected chi connectivity index (χ1v) is 10.6. The van der Waals surface area contributed by atoms with Gasteiger partial charge >= 0.3 is 6.03 Å². The number of benzene rings is 3. The molecule has 33 heavy (non-hydrogen) atoms. The summed E-state index contributed by atoms with van der Waals surface area (Å²) < 4.78 is 0. The predicted molar refractivity (Wildman–Crippen MR) is 132 cm³/mol. The van der Waals surface area contributed by atoms with Gasteiger partial charge in [0, 0.05) is 22.6 Å². The predicted octanol–water partition coefficient (Wildman–Crippen LogP) is 6.53. The Balaban J connectivity index is 1.61. The SMILES string of the molecule is N#Cc1c(-c2ccc(Cl)c(Cl)c2)cc(-c2ccc(NC(=O)Nc3ccccc3)cc2)[nH]c1=O. The standard InChI is InChI=1S/C25H16Cl2N4O2/c26-21-11-8-16(12-22(21)27)19-13-23(31-24(32)20(19)14-28)15-6-9-18(10-7-15)30-25(33)29-17-4-2-1-3-5-17/h1-13H,(H,31,32)(H2,29,30,33). The maximum absolute atomic E-state index is 12.6. The molecular formula is C25H16Cl2N4O2. The zero-order chi connectivity index (χ0) is 23.4. The number of carbonyl (C=O) groups is 1. The van der Waals surface area contributed by atoms with Crippen molar-refractivity contribution >= 4 is 40.6 Å². The third-order valence-electron chi connectivity index (χ3n) is 4.86. The molecular weight excluding hydrogens is 459 g/mol. The lowest BCUT2D eigenvalue weighted by atomic mass is 9.99. The minimum Gasteiger partial charge on any atom is -0.321 e. The molecule has 0 bridgehead atoms. The first-order valence-electron chi connectivity index (χ1n) is 9.81. The summed E-state index contributed by atoms with van der Waals surface area (Å²) in [5, 5.41) is 15.7. The molecule has 4 rings (SSSR count). The van der Waals surface area contributed by atoms with E-state index in [2.05, 4.69) is 15.6 Å². The van der Waals surface area contributed by atoms with Crippen LogP contribution in [0.3, 0.4) is 0 Å². The van der Waals surface area contributed by atoms with Crippen LogP contribution in [0.15, 0.2) is 83.7 Å². The molecule has 4 aromatic rings. The Morgan fingerprint density at radius 2 is 1.45 bits per heavy atom. The summed E-state index contributed by atoms with van der Waals surface area (Å²) in [6, 6.07) is 24.3. The molecule has 1 heterocycles. The number of hydrogen-bond donors (Lipinski definition) is 3. The smallest absolute Gasteiger partial charge is 0.321 e. The molecule has 0 aliphatic heterocycles. The number of nitrogens with one attached hydrogen (secondary N) is 3. The van der Waals surface area contributed by atoms with Crippen molar-refractivity contribution in [1.82, 2.24) is 4.98 Å². The van der Waals surface area contributed by atoms with Gasteiger partial charge in [0.25, 0.3) is 5.56 Å². The van der Waals surface area contributed by atoms with Crippen molar-refractivity contribution in [2.75, 3.05) is 10.6 Å². The summed E-state index contributed by atoms with van der Waals surface area (Å²) >= 11 is 12.1. The number of hydrogen-bond acceptors (Lipinski definition) is 3. The Hall–Kier alpha value is -4.05. The lowest BCUT2D eigenvalue weighted by molar-refractivity contribution is 0.262. The van der Waals surface area contributed by atoms with Crippen LogP contribution in [0.2, 0.25) is 10.0 Å². The molecule has 162 valence electrons. The summed E-state index contributed by atoms with van der Waals surface area (Å²) in [5.74, 6) is 0. The fraction of sp³-hybridized carbons (Fsp3) is 0. The zero-order valence-electron chi connectivity index (χ0n) is 17.0. The van der Waals surface area contributed by atoms with Crippen molar-refractivity contribution in [3.8, 4) is 28.5 Å². The number of amides is 2. The summed E-state index contributed by atoms with van der Waals surface area (Å²) in [5.41, 5.74) is 2.98. The summed E-state index contributed by atoms with van der Waals surface area (Å²) in [7, 11) is 0. The Kier molecular flexibility index (Phi) is 6.45. The minimum atomic E-state index is -0.513. The van der Waals surface area contributed by atoms with E-state index in [0.29, 0.717) is 43.8 Å². The van der Waals surface area contributed by atoms with Gasteiger partial charge in [-0.25, -0.2) is 4.79 Å². The van der Waals surface area contributed by atoms with Crippen LogP contribution in [0.25, 0.3) is 22.4 Å². The molecule has 8 heteroatoms. The number of pyridine rings is 1. The summed E-state index contributed by atoms with van der Waals surface area (Å²) in [4.78, 5) is 27.5. The highest BCUT2D eigenvalue weighted by molar-refractivity contribution is 6.42. The Morgan fingerprint density at radius 1 is 0.818 bits per heavy atom. The topological polar surface area (TPSA) is 97.8 Å². The maximum Gasteiger partial charge on any atom is 0.323 e. The van der Waals surface area contributed by atoms with Gasteiger partial charge in [-0.2, -0.15) is 5.26 Å². The van der Waals surface area contributed by atoms with E-state index in [1.165, 1.54) is 0 Å². The Morgan fingerprint density at radius 3 is 2.09 bits per heavy atom. The summed E-state index contributed by atoms with van der Waals surface area (Å²) in [6.45, 7) is 0. The molecule has 0 aliphatic carbocycles. The van der Waals surface area contributed by atoms with Crippen LogP contribution in [0, 0.1) is 11.3 Å². The van der Waals surface area contributed by atoms with Crippen molar-refractivity contribution in [3.05, 3.63) is 105 Å². The fourth-order valence-corrected chi connectivity index (χ4v) is 3.56. The largest absolute Gasteiger partial charge is 0.323 e. The number of nitriles is 1. The van der Waals surface area contributed by atoms with E-state index in [9.17, 15) is 14.9 Å². The van der Waals surface area contributed by atoms with Crippen molar-refractivity contribution in [1.29, 1.82) is 5.26 Å². The number of nitrogens with zero attached hydrogens (tertiary/aromatic N) is 1. The molecule has 0 aliphatic rings. The lowest BCUT2D eigenvalue weighted by Crippen LogP contribution is -2.19. The quantitative estimate of drug-likeness (QED) is 0.313. The van der Waals surface area contributed by atoms with Crippen LogP contribution in [0.5, 0.6) is 0 Å².